The minimum absolute atomic E-state index is 0.152. The van der Waals surface area contributed by atoms with Gasteiger partial charge in [-0.3, -0.25) is 9.79 Å². The summed E-state index contributed by atoms with van der Waals surface area (Å²) in [5.41, 5.74) is 2.27. The maximum atomic E-state index is 12.0. The van der Waals surface area contributed by atoms with Gasteiger partial charge in [-0.2, -0.15) is 0 Å². The Morgan fingerprint density at radius 3 is 2.35 bits per heavy atom. The number of hydrogen-bond acceptors (Lipinski definition) is 6. The smallest absolute Gasteiger partial charge is 0.250 e. The molecule has 1 aliphatic heterocycles. The Hall–Kier alpha value is -1.89. The standard InChI is InChI=1S/C13H16N2O4S/c1-17-10-4-8(5-11(18-2)12(10)19-3)15-13(16)9-6-20-7-14-9/h4-5,7,9H,6H2,1-3H3,(H,15,16). The Balaban J connectivity index is 2.23. The van der Waals surface area contributed by atoms with Gasteiger partial charge in [0.1, 0.15) is 6.04 Å². The average molecular weight is 296 g/mol. The number of rotatable bonds is 5. The van der Waals surface area contributed by atoms with Crippen LogP contribution in [-0.2, 0) is 4.79 Å². The van der Waals surface area contributed by atoms with Crippen LogP contribution in [0.2, 0.25) is 0 Å². The quantitative estimate of drug-likeness (QED) is 0.897. The second kappa shape index (κ2) is 6.51. The number of ether oxygens (including phenoxy) is 3. The molecule has 0 aliphatic carbocycles. The summed E-state index contributed by atoms with van der Waals surface area (Å²) in [6, 6.07) is 3.02. The van der Waals surface area contributed by atoms with Crippen LogP contribution in [0.3, 0.4) is 0 Å². The van der Waals surface area contributed by atoms with Gasteiger partial charge in [-0.25, -0.2) is 0 Å². The number of carbonyl (C=O) groups excluding carboxylic acids is 1. The number of carbonyl (C=O) groups is 1. The predicted octanol–water partition coefficient (Wildman–Crippen LogP) is 1.79. The summed E-state index contributed by atoms with van der Waals surface area (Å²) in [7, 11) is 4.59. The van der Waals surface area contributed by atoms with E-state index in [0.717, 1.165) is 0 Å². The van der Waals surface area contributed by atoms with Crippen molar-refractivity contribution in [2.75, 3.05) is 32.4 Å². The van der Waals surface area contributed by atoms with E-state index in [9.17, 15) is 4.79 Å². The number of thioether (sulfide) groups is 1. The van der Waals surface area contributed by atoms with Crippen LogP contribution >= 0.6 is 11.8 Å². The fourth-order valence-corrected chi connectivity index (χ4v) is 2.55. The molecule has 1 N–H and O–H groups in total. The lowest BCUT2D eigenvalue weighted by Gasteiger charge is -2.15. The summed E-state index contributed by atoms with van der Waals surface area (Å²) in [4.78, 5) is 16.1. The number of methoxy groups -OCH3 is 3. The minimum atomic E-state index is -0.348. The van der Waals surface area contributed by atoms with Gasteiger partial charge < -0.3 is 19.5 Å². The van der Waals surface area contributed by atoms with Crippen molar-refractivity contribution in [1.29, 1.82) is 0 Å². The zero-order valence-corrected chi connectivity index (χ0v) is 12.3. The molecule has 1 heterocycles. The molecule has 0 spiro atoms. The summed E-state index contributed by atoms with van der Waals surface area (Å²) in [6.07, 6.45) is 0. The molecule has 1 atom stereocenters. The Labute approximate surface area is 121 Å². The van der Waals surface area contributed by atoms with Crippen LogP contribution in [0.4, 0.5) is 5.69 Å². The molecule has 20 heavy (non-hydrogen) atoms. The van der Waals surface area contributed by atoms with Crippen LogP contribution in [0.1, 0.15) is 0 Å². The van der Waals surface area contributed by atoms with Crippen LogP contribution < -0.4 is 19.5 Å². The molecule has 0 radical (unpaired) electrons. The van der Waals surface area contributed by atoms with E-state index in [2.05, 4.69) is 10.3 Å². The molecule has 6 nitrogen and oxygen atoms in total. The van der Waals surface area contributed by atoms with Gasteiger partial charge in [0.05, 0.1) is 26.9 Å². The van der Waals surface area contributed by atoms with Crippen LogP contribution in [0, 0.1) is 0 Å². The molecular formula is C13H16N2O4S. The summed E-state index contributed by atoms with van der Waals surface area (Å²) in [5, 5.41) is 2.80. The van der Waals surface area contributed by atoms with E-state index >= 15 is 0 Å². The molecule has 0 saturated carbocycles. The zero-order valence-electron chi connectivity index (χ0n) is 11.5. The van der Waals surface area contributed by atoms with Crippen molar-refractivity contribution in [3.8, 4) is 17.2 Å². The topological polar surface area (TPSA) is 69.2 Å². The second-order valence-corrected chi connectivity index (χ2v) is 4.88. The lowest BCUT2D eigenvalue weighted by Crippen LogP contribution is -2.26. The second-order valence-electron chi connectivity index (χ2n) is 4.01. The molecule has 0 saturated heterocycles. The lowest BCUT2D eigenvalue weighted by molar-refractivity contribution is -0.116. The van der Waals surface area contributed by atoms with Crippen molar-refractivity contribution in [3.05, 3.63) is 12.1 Å². The predicted molar refractivity (Wildman–Crippen MR) is 79.5 cm³/mol. The van der Waals surface area contributed by atoms with E-state index in [4.69, 9.17) is 14.2 Å². The molecule has 0 bridgehead atoms. The Morgan fingerprint density at radius 1 is 1.25 bits per heavy atom. The van der Waals surface area contributed by atoms with Gasteiger partial charge in [-0.1, -0.05) is 0 Å². The first kappa shape index (κ1) is 14.5. The Bertz CT molecular complexity index is 508. The molecule has 2 rings (SSSR count). The fraction of sp³-hybridized carbons (Fsp3) is 0.385. The maximum Gasteiger partial charge on any atom is 0.250 e. The summed E-state index contributed by atoms with van der Waals surface area (Å²) in [5.74, 6) is 1.98. The highest BCUT2D eigenvalue weighted by molar-refractivity contribution is 8.12. The first-order valence-electron chi connectivity index (χ1n) is 5.93. The monoisotopic (exact) mass is 296 g/mol. The molecule has 1 amide bonds. The van der Waals surface area contributed by atoms with Crippen molar-refractivity contribution in [3.63, 3.8) is 0 Å². The van der Waals surface area contributed by atoms with E-state index in [1.807, 2.05) is 0 Å². The number of benzene rings is 1. The molecule has 0 aromatic heterocycles. The van der Waals surface area contributed by atoms with E-state index in [0.29, 0.717) is 28.7 Å². The summed E-state index contributed by atoms with van der Waals surface area (Å²) < 4.78 is 15.7. The van der Waals surface area contributed by atoms with Crippen LogP contribution in [0.25, 0.3) is 0 Å². The summed E-state index contributed by atoms with van der Waals surface area (Å²) >= 11 is 1.52. The third-order valence-corrected chi connectivity index (χ3v) is 3.58. The van der Waals surface area contributed by atoms with Gasteiger partial charge >= 0.3 is 0 Å². The molecule has 1 aromatic carbocycles. The molecule has 7 heteroatoms. The van der Waals surface area contributed by atoms with Crippen molar-refractivity contribution in [2.45, 2.75) is 6.04 Å². The van der Waals surface area contributed by atoms with Crippen LogP contribution in [-0.4, -0.2) is 44.6 Å². The molecule has 108 valence electrons. The van der Waals surface area contributed by atoms with E-state index < -0.39 is 0 Å². The van der Waals surface area contributed by atoms with Crippen molar-refractivity contribution in [1.82, 2.24) is 0 Å². The molecular weight excluding hydrogens is 280 g/mol. The van der Waals surface area contributed by atoms with Crippen molar-refractivity contribution < 1.29 is 19.0 Å². The highest BCUT2D eigenvalue weighted by atomic mass is 32.2. The Kier molecular flexibility index (Phi) is 4.73. The SMILES string of the molecule is COc1cc(NC(=O)C2CSC=N2)cc(OC)c1OC. The highest BCUT2D eigenvalue weighted by Gasteiger charge is 2.21. The molecule has 1 aliphatic rings. The third-order valence-electron chi connectivity index (χ3n) is 2.80. The number of amides is 1. The van der Waals surface area contributed by atoms with Gasteiger partial charge in [0, 0.05) is 23.6 Å². The maximum absolute atomic E-state index is 12.0. The van der Waals surface area contributed by atoms with E-state index in [-0.39, 0.29) is 11.9 Å². The van der Waals surface area contributed by atoms with Crippen LogP contribution in [0.15, 0.2) is 17.1 Å². The zero-order chi connectivity index (χ0) is 14.5. The third kappa shape index (κ3) is 2.98. The number of hydrogen-bond donors (Lipinski definition) is 1. The van der Waals surface area contributed by atoms with Gasteiger partial charge in [-0.15, -0.1) is 11.8 Å². The van der Waals surface area contributed by atoms with Crippen molar-refractivity contribution >= 4 is 28.9 Å². The first-order chi connectivity index (χ1) is 9.69. The molecule has 0 fully saturated rings. The van der Waals surface area contributed by atoms with Crippen LogP contribution in [0.5, 0.6) is 17.2 Å². The summed E-state index contributed by atoms with van der Waals surface area (Å²) in [6.45, 7) is 0. The molecule has 1 aromatic rings. The van der Waals surface area contributed by atoms with E-state index in [1.165, 1.54) is 33.1 Å². The highest BCUT2D eigenvalue weighted by Crippen LogP contribution is 2.40. The average Bonchev–Trinajstić information content (AvgIpc) is 3.00. The number of nitrogens with zero attached hydrogens (tertiary/aromatic N) is 1. The fourth-order valence-electron chi connectivity index (χ4n) is 1.82. The van der Waals surface area contributed by atoms with Gasteiger partial charge in [0.15, 0.2) is 11.5 Å². The minimum Gasteiger partial charge on any atom is -0.493 e. The number of aliphatic imine (C=N–C) groups is 1. The normalized spacial score (nSPS) is 16.9. The van der Waals surface area contributed by atoms with Gasteiger partial charge in [0.2, 0.25) is 11.7 Å². The number of nitrogens with one attached hydrogen (secondary N) is 1. The number of anilines is 1. The van der Waals surface area contributed by atoms with Gasteiger partial charge in [-0.05, 0) is 0 Å². The Morgan fingerprint density at radius 2 is 1.90 bits per heavy atom. The first-order valence-corrected chi connectivity index (χ1v) is 6.98. The van der Waals surface area contributed by atoms with Crippen molar-refractivity contribution in [2.24, 2.45) is 4.99 Å². The van der Waals surface area contributed by atoms with Gasteiger partial charge in [0.25, 0.3) is 0 Å². The lowest BCUT2D eigenvalue weighted by atomic mass is 10.2. The molecule has 1 unspecified atom stereocenters. The van der Waals surface area contributed by atoms with E-state index in [1.54, 1.807) is 17.7 Å². The largest absolute Gasteiger partial charge is 0.493 e.